The van der Waals surface area contributed by atoms with Crippen LogP contribution in [0, 0.1) is 0 Å². The summed E-state index contributed by atoms with van der Waals surface area (Å²) in [6.45, 7) is 4.24. The number of ether oxygens (including phenoxy) is 4. The number of hydrogen-bond acceptors (Lipinski definition) is 7. The molecule has 140 valence electrons. The number of benzene rings is 1. The SMILES string of the molecule is COc1ccc(-c2nc(CN3CCC4(CC3)OCCO4)cs2)c(OC)c1. The van der Waals surface area contributed by atoms with Crippen LogP contribution in [0.5, 0.6) is 11.5 Å². The highest BCUT2D eigenvalue weighted by Crippen LogP contribution is 2.36. The summed E-state index contributed by atoms with van der Waals surface area (Å²) in [6, 6.07) is 5.83. The van der Waals surface area contributed by atoms with E-state index in [1.54, 1.807) is 25.6 Å². The van der Waals surface area contributed by atoms with E-state index < -0.39 is 0 Å². The lowest BCUT2D eigenvalue weighted by molar-refractivity contribution is -0.185. The van der Waals surface area contributed by atoms with Gasteiger partial charge in [0.15, 0.2) is 5.79 Å². The van der Waals surface area contributed by atoms with Crippen LogP contribution in [0.15, 0.2) is 23.6 Å². The average Bonchev–Trinajstić information content (AvgIpc) is 3.33. The molecule has 0 aliphatic carbocycles. The number of nitrogens with zero attached hydrogens (tertiary/aromatic N) is 2. The van der Waals surface area contributed by atoms with E-state index in [1.807, 2.05) is 18.2 Å². The number of piperidine rings is 1. The Balaban J connectivity index is 1.42. The molecule has 0 bridgehead atoms. The minimum Gasteiger partial charge on any atom is -0.497 e. The van der Waals surface area contributed by atoms with Gasteiger partial charge in [-0.05, 0) is 12.1 Å². The third-order valence-corrected chi connectivity index (χ3v) is 5.93. The summed E-state index contributed by atoms with van der Waals surface area (Å²) in [4.78, 5) is 7.24. The van der Waals surface area contributed by atoms with Gasteiger partial charge >= 0.3 is 0 Å². The fraction of sp³-hybridized carbons (Fsp3) is 0.526. The van der Waals surface area contributed by atoms with Crippen molar-refractivity contribution in [1.29, 1.82) is 0 Å². The van der Waals surface area contributed by atoms with Gasteiger partial charge in [-0.25, -0.2) is 4.98 Å². The van der Waals surface area contributed by atoms with Crippen LogP contribution >= 0.6 is 11.3 Å². The van der Waals surface area contributed by atoms with Gasteiger partial charge in [-0.15, -0.1) is 11.3 Å². The zero-order valence-electron chi connectivity index (χ0n) is 15.2. The summed E-state index contributed by atoms with van der Waals surface area (Å²) in [5.74, 6) is 1.24. The Hall–Kier alpha value is -1.67. The Kier molecular flexibility index (Phi) is 5.13. The van der Waals surface area contributed by atoms with Gasteiger partial charge in [0.1, 0.15) is 16.5 Å². The molecule has 4 rings (SSSR count). The zero-order chi connectivity index (χ0) is 18.0. The molecule has 1 spiro atoms. The smallest absolute Gasteiger partial charge is 0.170 e. The minimum atomic E-state index is -0.319. The maximum Gasteiger partial charge on any atom is 0.170 e. The van der Waals surface area contributed by atoms with Crippen molar-refractivity contribution in [3.63, 3.8) is 0 Å². The highest BCUT2D eigenvalue weighted by molar-refractivity contribution is 7.13. The van der Waals surface area contributed by atoms with Crippen LogP contribution in [-0.4, -0.2) is 56.2 Å². The second kappa shape index (κ2) is 7.52. The van der Waals surface area contributed by atoms with Crippen LogP contribution in [0.3, 0.4) is 0 Å². The highest BCUT2D eigenvalue weighted by Gasteiger charge is 2.39. The van der Waals surface area contributed by atoms with Crippen molar-refractivity contribution < 1.29 is 18.9 Å². The van der Waals surface area contributed by atoms with Gasteiger partial charge in [0.25, 0.3) is 0 Å². The molecule has 2 aliphatic heterocycles. The molecule has 2 aliphatic rings. The number of methoxy groups -OCH3 is 2. The van der Waals surface area contributed by atoms with Crippen molar-refractivity contribution in [2.75, 3.05) is 40.5 Å². The van der Waals surface area contributed by atoms with Gasteiger partial charge in [0.05, 0.1) is 38.7 Å². The lowest BCUT2D eigenvalue weighted by Gasteiger charge is -2.37. The summed E-state index contributed by atoms with van der Waals surface area (Å²) < 4.78 is 22.4. The van der Waals surface area contributed by atoms with E-state index in [-0.39, 0.29) is 5.79 Å². The molecule has 0 unspecified atom stereocenters. The summed E-state index contributed by atoms with van der Waals surface area (Å²) in [5.41, 5.74) is 2.09. The molecule has 0 atom stereocenters. The molecule has 1 aromatic heterocycles. The quantitative estimate of drug-likeness (QED) is 0.799. The van der Waals surface area contributed by atoms with Crippen molar-refractivity contribution >= 4 is 11.3 Å². The lowest BCUT2D eigenvalue weighted by Crippen LogP contribution is -2.44. The first kappa shape index (κ1) is 17.7. The molecular formula is C19H24N2O4S. The number of rotatable bonds is 5. The molecular weight excluding hydrogens is 352 g/mol. The molecule has 3 heterocycles. The van der Waals surface area contributed by atoms with E-state index in [2.05, 4.69) is 10.3 Å². The fourth-order valence-corrected chi connectivity index (χ4v) is 4.39. The van der Waals surface area contributed by atoms with Crippen LogP contribution < -0.4 is 9.47 Å². The molecule has 0 radical (unpaired) electrons. The van der Waals surface area contributed by atoms with Crippen molar-refractivity contribution in [2.24, 2.45) is 0 Å². The fourth-order valence-electron chi connectivity index (χ4n) is 3.55. The Morgan fingerprint density at radius 1 is 1.15 bits per heavy atom. The van der Waals surface area contributed by atoms with Crippen LogP contribution in [0.25, 0.3) is 10.6 Å². The molecule has 6 nitrogen and oxygen atoms in total. The van der Waals surface area contributed by atoms with Gasteiger partial charge < -0.3 is 18.9 Å². The molecule has 26 heavy (non-hydrogen) atoms. The summed E-state index contributed by atoms with van der Waals surface area (Å²) >= 11 is 1.65. The summed E-state index contributed by atoms with van der Waals surface area (Å²) in [7, 11) is 3.32. The number of thiazole rings is 1. The van der Waals surface area contributed by atoms with Crippen molar-refractivity contribution in [3.05, 3.63) is 29.3 Å². The molecule has 0 N–H and O–H groups in total. The first-order chi connectivity index (χ1) is 12.7. The van der Waals surface area contributed by atoms with Crippen LogP contribution in [0.1, 0.15) is 18.5 Å². The summed E-state index contributed by atoms with van der Waals surface area (Å²) in [6.07, 6.45) is 1.85. The Labute approximate surface area is 157 Å². The molecule has 2 aromatic rings. The molecule has 7 heteroatoms. The van der Waals surface area contributed by atoms with Crippen molar-refractivity contribution in [2.45, 2.75) is 25.2 Å². The third kappa shape index (κ3) is 3.57. The molecule has 0 saturated carbocycles. The number of hydrogen-bond donors (Lipinski definition) is 0. The van der Waals surface area contributed by atoms with Crippen LogP contribution in [0.4, 0.5) is 0 Å². The monoisotopic (exact) mass is 376 g/mol. The first-order valence-corrected chi connectivity index (χ1v) is 9.76. The van der Waals surface area contributed by atoms with E-state index in [0.717, 1.165) is 73.5 Å². The minimum absolute atomic E-state index is 0.319. The maximum absolute atomic E-state index is 5.80. The first-order valence-electron chi connectivity index (χ1n) is 8.88. The Morgan fingerprint density at radius 3 is 2.62 bits per heavy atom. The van der Waals surface area contributed by atoms with E-state index in [4.69, 9.17) is 23.9 Å². The highest BCUT2D eigenvalue weighted by atomic mass is 32.1. The molecule has 2 saturated heterocycles. The van der Waals surface area contributed by atoms with Crippen LogP contribution in [0.2, 0.25) is 0 Å². The lowest BCUT2D eigenvalue weighted by atomic mass is 10.0. The van der Waals surface area contributed by atoms with Gasteiger partial charge in [-0.2, -0.15) is 0 Å². The predicted octanol–water partition coefficient (Wildman–Crippen LogP) is 3.17. The van der Waals surface area contributed by atoms with E-state index in [1.165, 1.54) is 0 Å². The zero-order valence-corrected chi connectivity index (χ0v) is 16.0. The van der Waals surface area contributed by atoms with E-state index in [0.29, 0.717) is 0 Å². The average molecular weight is 376 g/mol. The third-order valence-electron chi connectivity index (χ3n) is 5.01. The van der Waals surface area contributed by atoms with Crippen molar-refractivity contribution in [3.8, 4) is 22.1 Å². The number of likely N-dealkylation sites (tertiary alicyclic amines) is 1. The normalized spacial score (nSPS) is 19.8. The van der Waals surface area contributed by atoms with Crippen LogP contribution in [-0.2, 0) is 16.0 Å². The standard InChI is InChI=1S/C19H24N2O4S/c1-22-15-3-4-16(17(11-15)23-2)18-20-14(13-26-18)12-21-7-5-19(6-8-21)24-9-10-25-19/h3-4,11,13H,5-10,12H2,1-2H3. The predicted molar refractivity (Wildman–Crippen MR) is 99.8 cm³/mol. The van der Waals surface area contributed by atoms with Gasteiger partial charge in [0, 0.05) is 43.9 Å². The topological polar surface area (TPSA) is 53.1 Å². The second-order valence-electron chi connectivity index (χ2n) is 6.59. The molecule has 2 fully saturated rings. The Bertz CT molecular complexity index is 748. The largest absolute Gasteiger partial charge is 0.497 e. The van der Waals surface area contributed by atoms with Crippen molar-refractivity contribution in [1.82, 2.24) is 9.88 Å². The summed E-state index contributed by atoms with van der Waals surface area (Å²) in [5, 5.41) is 3.10. The number of aromatic nitrogens is 1. The van der Waals surface area contributed by atoms with E-state index in [9.17, 15) is 0 Å². The molecule has 0 amide bonds. The van der Waals surface area contributed by atoms with Gasteiger partial charge in [-0.3, -0.25) is 4.90 Å². The molecule has 1 aromatic carbocycles. The van der Waals surface area contributed by atoms with Gasteiger partial charge in [0.2, 0.25) is 0 Å². The second-order valence-corrected chi connectivity index (χ2v) is 7.45. The van der Waals surface area contributed by atoms with E-state index >= 15 is 0 Å². The Morgan fingerprint density at radius 2 is 1.92 bits per heavy atom. The van der Waals surface area contributed by atoms with Gasteiger partial charge in [-0.1, -0.05) is 0 Å². The maximum atomic E-state index is 5.80.